The lowest BCUT2D eigenvalue weighted by molar-refractivity contribution is -0.143. The van der Waals surface area contributed by atoms with Gasteiger partial charge in [0.15, 0.2) is 0 Å². The van der Waals surface area contributed by atoms with Gasteiger partial charge in [-0.1, -0.05) is 217 Å². The first-order valence-electron chi connectivity index (χ1n) is 26.9. The lowest BCUT2D eigenvalue weighted by Gasteiger charge is -2.20. The molecular formula is C56H103NO5. The van der Waals surface area contributed by atoms with Crippen LogP contribution in [0.15, 0.2) is 48.6 Å². The molecule has 0 aliphatic rings. The molecule has 0 aromatic heterocycles. The number of unbranched alkanes of at least 4 members (excludes halogenated alkanes) is 32. The van der Waals surface area contributed by atoms with Crippen LogP contribution in [0.2, 0.25) is 0 Å². The van der Waals surface area contributed by atoms with Gasteiger partial charge in [0.2, 0.25) is 5.91 Å². The first kappa shape index (κ1) is 59.8. The van der Waals surface area contributed by atoms with Gasteiger partial charge in [0, 0.05) is 12.8 Å². The molecule has 0 aliphatic carbocycles. The number of esters is 1. The number of hydrogen-bond donors (Lipinski definition) is 3. The normalized spacial score (nSPS) is 13.0. The number of aliphatic hydroxyl groups is 2. The Morgan fingerprint density at radius 3 is 1.26 bits per heavy atom. The van der Waals surface area contributed by atoms with Crippen molar-refractivity contribution >= 4 is 11.9 Å². The summed E-state index contributed by atoms with van der Waals surface area (Å²) in [6.45, 7) is 4.83. The van der Waals surface area contributed by atoms with Crippen molar-refractivity contribution < 1.29 is 24.5 Å². The lowest BCUT2D eigenvalue weighted by atomic mass is 10.1. The fraction of sp³-hybridized carbons (Fsp3) is 0.821. The van der Waals surface area contributed by atoms with Crippen LogP contribution in [-0.4, -0.2) is 47.4 Å². The number of allylic oxidation sites excluding steroid dienone is 7. The number of aliphatic hydroxyl groups excluding tert-OH is 2. The van der Waals surface area contributed by atoms with Crippen LogP contribution in [-0.2, 0) is 14.3 Å². The molecule has 6 nitrogen and oxygen atoms in total. The third kappa shape index (κ3) is 47.3. The number of hydrogen-bond acceptors (Lipinski definition) is 5. The fourth-order valence-corrected chi connectivity index (χ4v) is 7.89. The molecule has 0 radical (unpaired) electrons. The maximum absolute atomic E-state index is 12.4. The van der Waals surface area contributed by atoms with Gasteiger partial charge in [-0.2, -0.15) is 0 Å². The van der Waals surface area contributed by atoms with E-state index in [9.17, 15) is 19.8 Å². The number of carbonyl (C=O) groups is 2. The zero-order chi connectivity index (χ0) is 45.1. The summed E-state index contributed by atoms with van der Waals surface area (Å²) in [6, 6.07) is -0.639. The second-order valence-electron chi connectivity index (χ2n) is 18.2. The van der Waals surface area contributed by atoms with E-state index >= 15 is 0 Å². The summed E-state index contributed by atoms with van der Waals surface area (Å²) in [5.41, 5.74) is 0. The third-order valence-corrected chi connectivity index (χ3v) is 12.1. The maximum atomic E-state index is 12.4. The average molecular weight is 870 g/mol. The van der Waals surface area contributed by atoms with E-state index in [1.807, 2.05) is 6.08 Å². The van der Waals surface area contributed by atoms with Gasteiger partial charge < -0.3 is 20.3 Å². The Bertz CT molecular complexity index is 1050. The summed E-state index contributed by atoms with van der Waals surface area (Å²) in [7, 11) is 0. The Morgan fingerprint density at radius 1 is 0.452 bits per heavy atom. The minimum absolute atomic E-state index is 0.0195. The monoisotopic (exact) mass is 870 g/mol. The molecule has 2 atom stereocenters. The molecule has 0 saturated heterocycles. The molecule has 3 N–H and O–H groups in total. The van der Waals surface area contributed by atoms with Crippen LogP contribution in [0.3, 0.4) is 0 Å². The lowest BCUT2D eigenvalue weighted by Crippen LogP contribution is -2.45. The summed E-state index contributed by atoms with van der Waals surface area (Å²) in [5, 5.41) is 23.0. The van der Waals surface area contributed by atoms with Crippen LogP contribution < -0.4 is 5.32 Å². The molecule has 0 aromatic carbocycles. The Balaban J connectivity index is 3.50. The van der Waals surface area contributed by atoms with E-state index in [1.165, 1.54) is 167 Å². The first-order chi connectivity index (χ1) is 30.5. The number of carbonyl (C=O) groups excluding carboxylic acids is 2. The topological polar surface area (TPSA) is 95.9 Å². The second kappa shape index (κ2) is 51.5. The number of amides is 1. The number of nitrogens with one attached hydrogen (secondary N) is 1. The maximum Gasteiger partial charge on any atom is 0.305 e. The van der Waals surface area contributed by atoms with E-state index in [0.29, 0.717) is 19.4 Å². The Morgan fingerprint density at radius 2 is 0.806 bits per heavy atom. The van der Waals surface area contributed by atoms with Crippen molar-refractivity contribution in [3.63, 3.8) is 0 Å². The molecule has 0 fully saturated rings. The molecule has 62 heavy (non-hydrogen) atoms. The molecule has 0 aliphatic heterocycles. The van der Waals surface area contributed by atoms with Gasteiger partial charge in [0.1, 0.15) is 0 Å². The van der Waals surface area contributed by atoms with Gasteiger partial charge in [-0.25, -0.2) is 0 Å². The third-order valence-electron chi connectivity index (χ3n) is 12.1. The zero-order valence-corrected chi connectivity index (χ0v) is 41.1. The molecular weight excluding hydrogens is 767 g/mol. The van der Waals surface area contributed by atoms with E-state index in [1.54, 1.807) is 6.08 Å². The van der Waals surface area contributed by atoms with Gasteiger partial charge in [-0.05, 0) is 89.9 Å². The minimum Gasteiger partial charge on any atom is -0.466 e. The molecule has 0 saturated carbocycles. The standard InChI is InChI=1S/C56H103NO5/c1-3-5-7-9-11-13-15-17-18-19-20-23-26-30-34-38-42-46-50-56(61)62-51-47-43-39-35-31-27-24-21-22-25-29-33-37-41-45-49-55(60)57-53(52-58)54(59)48-44-40-36-32-28-16-14-12-10-8-6-4-2/h13,15,18-19,24,27,44,48,53-54,58-59H,3-12,14,16-17,20-23,25-26,28-43,45-47,49-52H2,1-2H3,(H,57,60)/b15-13-,19-18-,27-24-,48-44+. The quantitative estimate of drug-likeness (QED) is 0.0322. The summed E-state index contributed by atoms with van der Waals surface area (Å²) in [4.78, 5) is 24.5. The summed E-state index contributed by atoms with van der Waals surface area (Å²) in [6.07, 6.45) is 64.0. The van der Waals surface area contributed by atoms with E-state index in [0.717, 1.165) is 77.0 Å². The van der Waals surface area contributed by atoms with Gasteiger partial charge in [-0.15, -0.1) is 0 Å². The summed E-state index contributed by atoms with van der Waals surface area (Å²) < 4.78 is 5.46. The van der Waals surface area contributed by atoms with E-state index in [-0.39, 0.29) is 18.5 Å². The molecule has 0 rings (SSSR count). The highest BCUT2D eigenvalue weighted by Gasteiger charge is 2.18. The fourth-order valence-electron chi connectivity index (χ4n) is 7.89. The molecule has 0 spiro atoms. The molecule has 0 bridgehead atoms. The summed E-state index contributed by atoms with van der Waals surface area (Å²) >= 11 is 0. The van der Waals surface area contributed by atoms with Gasteiger partial charge in [0.05, 0.1) is 25.4 Å². The van der Waals surface area contributed by atoms with Gasteiger partial charge in [-0.3, -0.25) is 9.59 Å². The SMILES string of the molecule is CCCCCC/C=C\C/C=C\CCCCCCCCCC(=O)OCCCCCC/C=C\CCCCCCCCCC(=O)NC(CO)C(O)/C=C/CCCCCCCCCCCC. The van der Waals surface area contributed by atoms with Crippen LogP contribution in [0, 0.1) is 0 Å². The highest BCUT2D eigenvalue weighted by atomic mass is 16.5. The van der Waals surface area contributed by atoms with Crippen molar-refractivity contribution in [1.29, 1.82) is 0 Å². The Labute approximate surface area is 385 Å². The van der Waals surface area contributed by atoms with E-state index in [2.05, 4.69) is 55.6 Å². The second-order valence-corrected chi connectivity index (χ2v) is 18.2. The molecule has 362 valence electrons. The van der Waals surface area contributed by atoms with E-state index < -0.39 is 12.1 Å². The highest BCUT2D eigenvalue weighted by Crippen LogP contribution is 2.15. The average Bonchev–Trinajstić information content (AvgIpc) is 3.27. The summed E-state index contributed by atoms with van der Waals surface area (Å²) in [5.74, 6) is -0.105. The largest absolute Gasteiger partial charge is 0.466 e. The van der Waals surface area contributed by atoms with Crippen molar-refractivity contribution in [3.05, 3.63) is 48.6 Å². The van der Waals surface area contributed by atoms with Crippen molar-refractivity contribution in [2.75, 3.05) is 13.2 Å². The Hall–Kier alpha value is -2.18. The minimum atomic E-state index is -0.854. The molecule has 2 unspecified atom stereocenters. The smallest absolute Gasteiger partial charge is 0.305 e. The van der Waals surface area contributed by atoms with Crippen LogP contribution >= 0.6 is 0 Å². The van der Waals surface area contributed by atoms with Crippen LogP contribution in [0.5, 0.6) is 0 Å². The molecule has 6 heteroatoms. The number of ether oxygens (including phenoxy) is 1. The van der Waals surface area contributed by atoms with E-state index in [4.69, 9.17) is 4.74 Å². The Kier molecular flexibility index (Phi) is 49.6. The van der Waals surface area contributed by atoms with Crippen molar-refractivity contribution in [3.8, 4) is 0 Å². The van der Waals surface area contributed by atoms with Gasteiger partial charge >= 0.3 is 5.97 Å². The van der Waals surface area contributed by atoms with Crippen LogP contribution in [0.4, 0.5) is 0 Å². The van der Waals surface area contributed by atoms with Crippen molar-refractivity contribution in [1.82, 2.24) is 5.32 Å². The van der Waals surface area contributed by atoms with Crippen molar-refractivity contribution in [2.24, 2.45) is 0 Å². The van der Waals surface area contributed by atoms with Crippen molar-refractivity contribution in [2.45, 2.75) is 283 Å². The molecule has 1 amide bonds. The van der Waals surface area contributed by atoms with Gasteiger partial charge in [0.25, 0.3) is 0 Å². The molecule has 0 aromatic rings. The molecule has 0 heterocycles. The highest BCUT2D eigenvalue weighted by molar-refractivity contribution is 5.76. The zero-order valence-electron chi connectivity index (χ0n) is 41.1. The predicted molar refractivity (Wildman–Crippen MR) is 269 cm³/mol. The van der Waals surface area contributed by atoms with Crippen LogP contribution in [0.1, 0.15) is 271 Å². The predicted octanol–water partition coefficient (Wildman–Crippen LogP) is 16.2. The van der Waals surface area contributed by atoms with Crippen LogP contribution in [0.25, 0.3) is 0 Å². The first-order valence-corrected chi connectivity index (χ1v) is 26.9. The number of rotatable bonds is 49.